The Morgan fingerprint density at radius 2 is 2.21 bits per heavy atom. The van der Waals surface area contributed by atoms with Gasteiger partial charge in [0.25, 0.3) is 0 Å². The molecule has 0 saturated heterocycles. The van der Waals surface area contributed by atoms with E-state index in [1.807, 2.05) is 10.8 Å². The molecule has 0 aliphatic carbocycles. The van der Waals surface area contributed by atoms with Crippen LogP contribution in [0.1, 0.15) is 13.8 Å². The van der Waals surface area contributed by atoms with Gasteiger partial charge in [0.05, 0.1) is 12.8 Å². The summed E-state index contributed by atoms with van der Waals surface area (Å²) in [6, 6.07) is 4.73. The van der Waals surface area contributed by atoms with Crippen LogP contribution in [0.2, 0.25) is 0 Å². The number of nitrogens with one attached hydrogen (secondary N) is 1. The monoisotopic (exact) mass is 263 g/mol. The first-order valence-corrected chi connectivity index (χ1v) is 6.23. The van der Waals surface area contributed by atoms with Crippen molar-refractivity contribution in [3.8, 4) is 11.4 Å². The third kappa shape index (κ3) is 3.05. The molecule has 0 bridgehead atoms. The summed E-state index contributed by atoms with van der Waals surface area (Å²) in [5, 5.41) is 3.26. The Labute approximate surface area is 112 Å². The maximum Gasteiger partial charge on any atom is 0.207 e. The molecule has 0 saturated carbocycles. The summed E-state index contributed by atoms with van der Waals surface area (Å²) in [5.41, 5.74) is 0.807. The third-order valence-electron chi connectivity index (χ3n) is 2.72. The fourth-order valence-corrected chi connectivity index (χ4v) is 1.74. The van der Waals surface area contributed by atoms with Crippen LogP contribution in [0.25, 0.3) is 5.69 Å². The van der Waals surface area contributed by atoms with E-state index in [0.29, 0.717) is 5.92 Å². The van der Waals surface area contributed by atoms with Gasteiger partial charge in [-0.3, -0.25) is 4.57 Å². The van der Waals surface area contributed by atoms with E-state index in [1.165, 1.54) is 13.2 Å². The van der Waals surface area contributed by atoms with Gasteiger partial charge in [-0.05, 0) is 18.1 Å². The molecule has 5 heteroatoms. The number of methoxy groups -OCH3 is 1. The van der Waals surface area contributed by atoms with Gasteiger partial charge in [-0.2, -0.15) is 0 Å². The van der Waals surface area contributed by atoms with Crippen LogP contribution < -0.4 is 10.1 Å². The highest BCUT2D eigenvalue weighted by atomic mass is 19.1. The van der Waals surface area contributed by atoms with Crippen molar-refractivity contribution in [3.05, 3.63) is 36.4 Å². The Morgan fingerprint density at radius 3 is 2.89 bits per heavy atom. The highest BCUT2D eigenvalue weighted by Crippen LogP contribution is 2.23. The molecule has 2 aromatic rings. The van der Waals surface area contributed by atoms with E-state index in [0.717, 1.165) is 18.2 Å². The summed E-state index contributed by atoms with van der Waals surface area (Å²) in [5.74, 6) is 1.11. The van der Waals surface area contributed by atoms with Crippen molar-refractivity contribution in [3.63, 3.8) is 0 Å². The number of rotatable bonds is 5. The van der Waals surface area contributed by atoms with E-state index in [1.54, 1.807) is 18.3 Å². The number of hydrogen-bond donors (Lipinski definition) is 1. The average molecular weight is 263 g/mol. The number of imidazole rings is 1. The van der Waals surface area contributed by atoms with Gasteiger partial charge in [0, 0.05) is 25.0 Å². The van der Waals surface area contributed by atoms with E-state index in [2.05, 4.69) is 24.1 Å². The third-order valence-corrected chi connectivity index (χ3v) is 2.72. The lowest BCUT2D eigenvalue weighted by atomic mass is 10.2. The van der Waals surface area contributed by atoms with Crippen molar-refractivity contribution < 1.29 is 9.13 Å². The van der Waals surface area contributed by atoms with Gasteiger partial charge in [-0.15, -0.1) is 0 Å². The highest BCUT2D eigenvalue weighted by Gasteiger charge is 2.08. The summed E-state index contributed by atoms with van der Waals surface area (Å²) >= 11 is 0. The Balaban J connectivity index is 2.29. The summed E-state index contributed by atoms with van der Waals surface area (Å²) in [7, 11) is 1.45. The first-order valence-electron chi connectivity index (χ1n) is 6.23. The summed E-state index contributed by atoms with van der Waals surface area (Å²) in [6.07, 6.45) is 3.54. The number of benzene rings is 1. The van der Waals surface area contributed by atoms with E-state index < -0.39 is 0 Å². The molecule has 2 rings (SSSR count). The van der Waals surface area contributed by atoms with Gasteiger partial charge in [0.15, 0.2) is 11.6 Å². The topological polar surface area (TPSA) is 39.1 Å². The van der Waals surface area contributed by atoms with Crippen LogP contribution in [0.3, 0.4) is 0 Å². The Hall–Kier alpha value is -2.04. The second-order valence-corrected chi connectivity index (χ2v) is 4.71. The van der Waals surface area contributed by atoms with Gasteiger partial charge in [0.2, 0.25) is 5.95 Å². The van der Waals surface area contributed by atoms with Crippen molar-refractivity contribution in [1.82, 2.24) is 9.55 Å². The van der Waals surface area contributed by atoms with Crippen LogP contribution >= 0.6 is 0 Å². The van der Waals surface area contributed by atoms with Gasteiger partial charge in [0.1, 0.15) is 0 Å². The lowest BCUT2D eigenvalue weighted by molar-refractivity contribution is 0.386. The van der Waals surface area contributed by atoms with E-state index >= 15 is 0 Å². The molecule has 0 amide bonds. The molecule has 19 heavy (non-hydrogen) atoms. The minimum absolute atomic E-state index is 0.223. The summed E-state index contributed by atoms with van der Waals surface area (Å²) in [6.45, 7) is 5.08. The standard InChI is InChI=1S/C14H18FN3O/c1-10(2)9-17-14-16-6-7-18(14)11-4-5-12(15)13(8-11)19-3/h4-8,10H,9H2,1-3H3,(H,16,17). The highest BCUT2D eigenvalue weighted by molar-refractivity contribution is 5.46. The normalized spacial score (nSPS) is 10.8. The molecule has 0 fully saturated rings. The number of aromatic nitrogens is 2. The van der Waals surface area contributed by atoms with Crippen LogP contribution in [0.5, 0.6) is 5.75 Å². The molecule has 1 aromatic heterocycles. The van der Waals surface area contributed by atoms with Crippen LogP contribution in [0.15, 0.2) is 30.6 Å². The SMILES string of the molecule is COc1cc(-n2ccnc2NCC(C)C)ccc1F. The van der Waals surface area contributed by atoms with Gasteiger partial charge >= 0.3 is 0 Å². The van der Waals surface area contributed by atoms with Crippen molar-refractivity contribution in [2.45, 2.75) is 13.8 Å². The molecule has 0 atom stereocenters. The van der Waals surface area contributed by atoms with Crippen LogP contribution in [-0.4, -0.2) is 23.2 Å². The molecule has 102 valence electrons. The molecule has 0 aliphatic heterocycles. The number of hydrogen-bond acceptors (Lipinski definition) is 3. The molecule has 1 N–H and O–H groups in total. The number of ether oxygens (including phenoxy) is 1. The zero-order valence-electron chi connectivity index (χ0n) is 11.4. The van der Waals surface area contributed by atoms with Crippen molar-refractivity contribution in [1.29, 1.82) is 0 Å². The zero-order valence-corrected chi connectivity index (χ0v) is 11.4. The van der Waals surface area contributed by atoms with E-state index in [-0.39, 0.29) is 11.6 Å². The molecular weight excluding hydrogens is 245 g/mol. The van der Waals surface area contributed by atoms with Crippen molar-refractivity contribution >= 4 is 5.95 Å². The van der Waals surface area contributed by atoms with Gasteiger partial charge in [-0.1, -0.05) is 13.8 Å². The summed E-state index contributed by atoms with van der Waals surface area (Å²) in [4.78, 5) is 4.26. The quantitative estimate of drug-likeness (QED) is 0.901. The van der Waals surface area contributed by atoms with E-state index in [4.69, 9.17) is 4.74 Å². The average Bonchev–Trinajstić information content (AvgIpc) is 2.85. The molecule has 0 unspecified atom stereocenters. The fraction of sp³-hybridized carbons (Fsp3) is 0.357. The van der Waals surface area contributed by atoms with E-state index in [9.17, 15) is 4.39 Å². The Morgan fingerprint density at radius 1 is 1.42 bits per heavy atom. The summed E-state index contributed by atoms with van der Waals surface area (Å²) < 4.78 is 20.3. The number of halogens is 1. The van der Waals surface area contributed by atoms with Gasteiger partial charge in [-0.25, -0.2) is 9.37 Å². The second kappa shape index (κ2) is 5.73. The maximum atomic E-state index is 13.4. The largest absolute Gasteiger partial charge is 0.494 e. The first-order chi connectivity index (χ1) is 9.11. The van der Waals surface area contributed by atoms with Crippen LogP contribution in [0.4, 0.5) is 10.3 Å². The molecule has 1 heterocycles. The smallest absolute Gasteiger partial charge is 0.207 e. The molecular formula is C14H18FN3O. The number of anilines is 1. The first kappa shape index (κ1) is 13.4. The lowest BCUT2D eigenvalue weighted by Crippen LogP contribution is -2.12. The molecule has 0 spiro atoms. The predicted octanol–water partition coefficient (Wildman–Crippen LogP) is 3.09. The van der Waals surface area contributed by atoms with Crippen LogP contribution in [-0.2, 0) is 0 Å². The van der Waals surface area contributed by atoms with Crippen molar-refractivity contribution in [2.75, 3.05) is 19.0 Å². The minimum Gasteiger partial charge on any atom is -0.494 e. The molecule has 0 radical (unpaired) electrons. The zero-order chi connectivity index (χ0) is 13.8. The minimum atomic E-state index is -0.372. The molecule has 0 aliphatic rings. The second-order valence-electron chi connectivity index (χ2n) is 4.71. The molecule has 4 nitrogen and oxygen atoms in total. The van der Waals surface area contributed by atoms with Gasteiger partial charge < -0.3 is 10.1 Å². The number of nitrogens with zero attached hydrogens (tertiary/aromatic N) is 2. The maximum absolute atomic E-state index is 13.4. The lowest BCUT2D eigenvalue weighted by Gasteiger charge is -2.12. The molecule has 1 aromatic carbocycles. The Bertz CT molecular complexity index is 551. The van der Waals surface area contributed by atoms with Crippen molar-refractivity contribution in [2.24, 2.45) is 5.92 Å². The van der Waals surface area contributed by atoms with Crippen LogP contribution in [0, 0.1) is 11.7 Å². The predicted molar refractivity (Wildman–Crippen MR) is 73.4 cm³/mol. The fourth-order valence-electron chi connectivity index (χ4n) is 1.74. The Kier molecular flexibility index (Phi) is 4.04.